The maximum atomic E-state index is 12.4. The molecule has 2 aromatic rings. The largest absolute Gasteiger partial charge is 0.374 e. The summed E-state index contributed by atoms with van der Waals surface area (Å²) in [5, 5.41) is 0.717. The van der Waals surface area contributed by atoms with E-state index >= 15 is 0 Å². The number of pyridine rings is 1. The number of rotatable bonds is 3. The standard InChI is InChI=1S/C17H17ClN2O2/c18-14-5-3-4-13(10-14)11-15-12-20(8-9-22-15)17(21)16-6-1-2-7-19-16/h1-7,10,15H,8-9,11-12H2/t15-/m1/s1. The normalized spacial score (nSPS) is 18.2. The zero-order chi connectivity index (χ0) is 15.4. The lowest BCUT2D eigenvalue weighted by atomic mass is 10.1. The van der Waals surface area contributed by atoms with Crippen molar-refractivity contribution >= 4 is 17.5 Å². The van der Waals surface area contributed by atoms with Crippen LogP contribution in [0.5, 0.6) is 0 Å². The summed E-state index contributed by atoms with van der Waals surface area (Å²) in [7, 11) is 0. The highest BCUT2D eigenvalue weighted by Crippen LogP contribution is 2.16. The summed E-state index contributed by atoms with van der Waals surface area (Å²) in [5.41, 5.74) is 1.59. The van der Waals surface area contributed by atoms with E-state index in [2.05, 4.69) is 4.98 Å². The minimum Gasteiger partial charge on any atom is -0.374 e. The number of nitrogens with zero attached hydrogens (tertiary/aromatic N) is 2. The van der Waals surface area contributed by atoms with Crippen molar-refractivity contribution in [2.45, 2.75) is 12.5 Å². The van der Waals surface area contributed by atoms with E-state index in [9.17, 15) is 4.79 Å². The topological polar surface area (TPSA) is 42.4 Å². The highest BCUT2D eigenvalue weighted by Gasteiger charge is 2.25. The lowest BCUT2D eigenvalue weighted by molar-refractivity contribution is -0.0210. The molecule has 2 heterocycles. The Balaban J connectivity index is 1.65. The van der Waals surface area contributed by atoms with Crippen LogP contribution >= 0.6 is 11.6 Å². The highest BCUT2D eigenvalue weighted by molar-refractivity contribution is 6.30. The third-order valence-electron chi connectivity index (χ3n) is 3.66. The summed E-state index contributed by atoms with van der Waals surface area (Å²) in [5.74, 6) is -0.0417. The number of hydrogen-bond acceptors (Lipinski definition) is 3. The average molecular weight is 317 g/mol. The molecule has 1 saturated heterocycles. The van der Waals surface area contributed by atoms with Crippen molar-refractivity contribution in [3.05, 3.63) is 64.9 Å². The molecule has 0 saturated carbocycles. The summed E-state index contributed by atoms with van der Waals surface area (Å²) in [6.45, 7) is 1.72. The molecule has 0 radical (unpaired) electrons. The van der Waals surface area contributed by atoms with E-state index in [4.69, 9.17) is 16.3 Å². The van der Waals surface area contributed by atoms with Gasteiger partial charge in [0, 0.05) is 30.7 Å². The Morgan fingerprint density at radius 1 is 1.32 bits per heavy atom. The molecule has 1 aliphatic heterocycles. The van der Waals surface area contributed by atoms with Crippen LogP contribution in [0, 0.1) is 0 Å². The molecule has 1 fully saturated rings. The molecule has 1 aromatic carbocycles. The van der Waals surface area contributed by atoms with E-state index in [-0.39, 0.29) is 12.0 Å². The van der Waals surface area contributed by atoms with Crippen LogP contribution in [0.25, 0.3) is 0 Å². The molecule has 1 aliphatic rings. The first-order valence-electron chi connectivity index (χ1n) is 7.29. The van der Waals surface area contributed by atoms with Crippen LogP contribution < -0.4 is 0 Å². The Morgan fingerprint density at radius 2 is 2.23 bits per heavy atom. The fourth-order valence-electron chi connectivity index (χ4n) is 2.61. The van der Waals surface area contributed by atoms with Gasteiger partial charge in [0.1, 0.15) is 5.69 Å². The molecular weight excluding hydrogens is 300 g/mol. The van der Waals surface area contributed by atoms with Crippen LogP contribution in [-0.4, -0.2) is 41.6 Å². The Bertz CT molecular complexity index is 648. The van der Waals surface area contributed by atoms with E-state index in [1.807, 2.05) is 30.3 Å². The molecule has 1 atom stereocenters. The van der Waals surface area contributed by atoms with Crippen LogP contribution in [0.3, 0.4) is 0 Å². The van der Waals surface area contributed by atoms with E-state index in [0.717, 1.165) is 17.0 Å². The van der Waals surface area contributed by atoms with Crippen molar-refractivity contribution in [1.82, 2.24) is 9.88 Å². The SMILES string of the molecule is O=C(c1ccccn1)N1CCO[C@H](Cc2cccc(Cl)c2)C1. The summed E-state index contributed by atoms with van der Waals surface area (Å²) >= 11 is 6.01. The van der Waals surface area contributed by atoms with Gasteiger partial charge in [-0.1, -0.05) is 29.8 Å². The van der Waals surface area contributed by atoms with E-state index < -0.39 is 0 Å². The zero-order valence-corrected chi connectivity index (χ0v) is 12.9. The van der Waals surface area contributed by atoms with Gasteiger partial charge in [-0.05, 0) is 29.8 Å². The summed E-state index contributed by atoms with van der Waals surface area (Å²) in [4.78, 5) is 18.4. The van der Waals surface area contributed by atoms with Crippen molar-refractivity contribution in [2.24, 2.45) is 0 Å². The molecule has 0 spiro atoms. The van der Waals surface area contributed by atoms with Crippen LogP contribution in [0.4, 0.5) is 0 Å². The zero-order valence-electron chi connectivity index (χ0n) is 12.1. The first kappa shape index (κ1) is 15.0. The van der Waals surface area contributed by atoms with Crippen LogP contribution in [0.2, 0.25) is 5.02 Å². The monoisotopic (exact) mass is 316 g/mol. The Hall–Kier alpha value is -1.91. The quantitative estimate of drug-likeness (QED) is 0.874. The predicted octanol–water partition coefficient (Wildman–Crippen LogP) is 2.82. The lowest BCUT2D eigenvalue weighted by Crippen LogP contribution is -2.46. The molecule has 1 aromatic heterocycles. The van der Waals surface area contributed by atoms with Gasteiger partial charge in [-0.3, -0.25) is 9.78 Å². The van der Waals surface area contributed by atoms with Crippen molar-refractivity contribution in [3.8, 4) is 0 Å². The Morgan fingerprint density at radius 3 is 3.00 bits per heavy atom. The Kier molecular flexibility index (Phi) is 4.71. The molecule has 3 rings (SSSR count). The number of benzene rings is 1. The minimum atomic E-state index is -0.0417. The maximum Gasteiger partial charge on any atom is 0.272 e. The van der Waals surface area contributed by atoms with Crippen molar-refractivity contribution in [1.29, 1.82) is 0 Å². The smallest absolute Gasteiger partial charge is 0.272 e. The molecular formula is C17H17ClN2O2. The van der Waals surface area contributed by atoms with Gasteiger partial charge in [0.15, 0.2) is 0 Å². The molecule has 114 valence electrons. The van der Waals surface area contributed by atoms with Gasteiger partial charge in [0.2, 0.25) is 0 Å². The second kappa shape index (κ2) is 6.90. The summed E-state index contributed by atoms with van der Waals surface area (Å²) in [6, 6.07) is 13.1. The van der Waals surface area contributed by atoms with Crippen LogP contribution in [0.15, 0.2) is 48.7 Å². The van der Waals surface area contributed by atoms with Gasteiger partial charge >= 0.3 is 0 Å². The molecule has 0 unspecified atom stereocenters. The van der Waals surface area contributed by atoms with Gasteiger partial charge < -0.3 is 9.64 Å². The number of ether oxygens (including phenoxy) is 1. The number of carbonyl (C=O) groups excluding carboxylic acids is 1. The maximum absolute atomic E-state index is 12.4. The van der Waals surface area contributed by atoms with Gasteiger partial charge in [-0.2, -0.15) is 0 Å². The van der Waals surface area contributed by atoms with Crippen molar-refractivity contribution in [2.75, 3.05) is 19.7 Å². The second-order valence-corrected chi connectivity index (χ2v) is 5.73. The van der Waals surface area contributed by atoms with Gasteiger partial charge in [-0.15, -0.1) is 0 Å². The fraction of sp³-hybridized carbons (Fsp3) is 0.294. The molecule has 5 heteroatoms. The number of aromatic nitrogens is 1. The number of morpholine rings is 1. The van der Waals surface area contributed by atoms with Crippen LogP contribution in [-0.2, 0) is 11.2 Å². The molecule has 0 bridgehead atoms. The van der Waals surface area contributed by atoms with Crippen molar-refractivity contribution in [3.63, 3.8) is 0 Å². The third-order valence-corrected chi connectivity index (χ3v) is 3.90. The fourth-order valence-corrected chi connectivity index (χ4v) is 2.82. The van der Waals surface area contributed by atoms with Crippen LogP contribution in [0.1, 0.15) is 16.1 Å². The molecule has 22 heavy (non-hydrogen) atoms. The number of carbonyl (C=O) groups is 1. The first-order chi connectivity index (χ1) is 10.7. The predicted molar refractivity (Wildman–Crippen MR) is 85.0 cm³/mol. The number of amides is 1. The summed E-state index contributed by atoms with van der Waals surface area (Å²) in [6.07, 6.45) is 2.36. The average Bonchev–Trinajstić information content (AvgIpc) is 2.55. The minimum absolute atomic E-state index is 0.0140. The van der Waals surface area contributed by atoms with E-state index in [0.29, 0.717) is 25.4 Å². The van der Waals surface area contributed by atoms with Crippen molar-refractivity contribution < 1.29 is 9.53 Å². The summed E-state index contributed by atoms with van der Waals surface area (Å²) < 4.78 is 5.78. The highest BCUT2D eigenvalue weighted by atomic mass is 35.5. The molecule has 0 aliphatic carbocycles. The molecule has 4 nitrogen and oxygen atoms in total. The Labute approximate surface area is 134 Å². The van der Waals surface area contributed by atoms with Gasteiger partial charge in [-0.25, -0.2) is 0 Å². The molecule has 0 N–H and O–H groups in total. The number of halogens is 1. The second-order valence-electron chi connectivity index (χ2n) is 5.29. The lowest BCUT2D eigenvalue weighted by Gasteiger charge is -2.33. The van der Waals surface area contributed by atoms with E-state index in [1.165, 1.54) is 0 Å². The van der Waals surface area contributed by atoms with Gasteiger partial charge in [0.05, 0.1) is 12.7 Å². The van der Waals surface area contributed by atoms with Gasteiger partial charge in [0.25, 0.3) is 5.91 Å². The first-order valence-corrected chi connectivity index (χ1v) is 7.66. The molecule has 1 amide bonds. The van der Waals surface area contributed by atoms with E-state index in [1.54, 1.807) is 23.2 Å². The number of hydrogen-bond donors (Lipinski definition) is 0. The third kappa shape index (κ3) is 3.64.